The molecule has 2 aliphatic heterocycles. The van der Waals surface area contributed by atoms with Crippen LogP contribution >= 0.6 is 0 Å². The van der Waals surface area contributed by atoms with Crippen LogP contribution in [0.1, 0.15) is 53.0 Å². The summed E-state index contributed by atoms with van der Waals surface area (Å²) in [7, 11) is -3.44. The Morgan fingerprint density at radius 2 is 1.90 bits per heavy atom. The highest BCUT2D eigenvalue weighted by atomic mass is 32.2. The fourth-order valence-electron chi connectivity index (χ4n) is 6.07. The van der Waals surface area contributed by atoms with Crippen molar-refractivity contribution in [2.24, 2.45) is 22.7 Å². The molecule has 1 aromatic rings. The van der Waals surface area contributed by atoms with Crippen molar-refractivity contribution in [1.29, 1.82) is 0 Å². The van der Waals surface area contributed by atoms with E-state index in [2.05, 4.69) is 4.99 Å². The van der Waals surface area contributed by atoms with Crippen LogP contribution in [0, 0.1) is 17.8 Å². The predicted octanol–water partition coefficient (Wildman–Crippen LogP) is 3.16. The first-order valence-electron chi connectivity index (χ1n) is 13.5. The van der Waals surface area contributed by atoms with Crippen molar-refractivity contribution in [3.8, 4) is 0 Å². The van der Waals surface area contributed by atoms with E-state index >= 15 is 0 Å². The van der Waals surface area contributed by atoms with Crippen LogP contribution in [0.5, 0.6) is 0 Å². The molecule has 0 bridgehead atoms. The second-order valence-corrected chi connectivity index (χ2v) is 14.8. The van der Waals surface area contributed by atoms with Crippen LogP contribution < -0.4 is 0 Å². The Bertz CT molecular complexity index is 1220. The lowest BCUT2D eigenvalue weighted by atomic mass is 9.92. The lowest BCUT2D eigenvalue weighted by Gasteiger charge is -2.34. The van der Waals surface area contributed by atoms with Crippen LogP contribution in [0.15, 0.2) is 35.3 Å². The minimum absolute atomic E-state index is 0.0255. The largest absolute Gasteiger partial charge is 0.444 e. The van der Waals surface area contributed by atoms with Crippen LogP contribution in [0.2, 0.25) is 0 Å². The minimum Gasteiger partial charge on any atom is -0.444 e. The van der Waals surface area contributed by atoms with Gasteiger partial charge in [0, 0.05) is 32.1 Å². The molecule has 214 valence electrons. The van der Waals surface area contributed by atoms with Gasteiger partial charge in [0.2, 0.25) is 6.08 Å². The quantitative estimate of drug-likeness (QED) is 0.353. The van der Waals surface area contributed by atoms with Crippen molar-refractivity contribution in [2.45, 2.75) is 76.7 Å². The van der Waals surface area contributed by atoms with Gasteiger partial charge in [-0.2, -0.15) is 4.99 Å². The van der Waals surface area contributed by atoms with E-state index in [0.29, 0.717) is 19.5 Å². The summed E-state index contributed by atoms with van der Waals surface area (Å²) in [5.74, 6) is -0.972. The average molecular weight is 562 g/mol. The number of nitrogens with zero attached hydrogens (tertiary/aromatic N) is 3. The number of isocyanates is 1. The summed E-state index contributed by atoms with van der Waals surface area (Å²) < 4.78 is 37.7. The number of carbonyl (C=O) groups excluding carboxylic acids is 3. The number of amides is 2. The third-order valence-corrected chi connectivity index (χ3v) is 10.4. The third-order valence-electron chi connectivity index (χ3n) is 8.11. The van der Waals surface area contributed by atoms with Gasteiger partial charge in [0.05, 0.1) is 17.6 Å². The normalized spacial score (nSPS) is 29.0. The second-order valence-electron chi connectivity index (χ2n) is 12.2. The molecule has 1 saturated carbocycles. The monoisotopic (exact) mass is 561 g/mol. The van der Waals surface area contributed by atoms with Gasteiger partial charge in [-0.15, -0.1) is 0 Å². The van der Waals surface area contributed by atoms with Crippen molar-refractivity contribution in [1.82, 2.24) is 9.80 Å². The number of likely N-dealkylation sites (tertiary alicyclic amines) is 2. The molecule has 5 atom stereocenters. The first-order chi connectivity index (χ1) is 18.3. The van der Waals surface area contributed by atoms with Gasteiger partial charge >= 0.3 is 6.09 Å². The number of rotatable bonds is 8. The molecule has 0 spiro atoms. The van der Waals surface area contributed by atoms with E-state index < -0.39 is 38.4 Å². The van der Waals surface area contributed by atoms with E-state index in [1.807, 2.05) is 51.1 Å². The van der Waals surface area contributed by atoms with E-state index in [-0.39, 0.29) is 49.1 Å². The zero-order valence-electron chi connectivity index (χ0n) is 23.3. The lowest BCUT2D eigenvalue weighted by molar-refractivity contribution is -0.152. The molecule has 0 aromatic heterocycles. The van der Waals surface area contributed by atoms with E-state index in [4.69, 9.17) is 9.47 Å². The summed E-state index contributed by atoms with van der Waals surface area (Å²) in [6.07, 6.45) is 1.83. The molecular weight excluding hydrogens is 522 g/mol. The molecule has 4 rings (SSSR count). The van der Waals surface area contributed by atoms with Gasteiger partial charge in [-0.1, -0.05) is 30.3 Å². The molecule has 0 N–H and O–H groups in total. The van der Waals surface area contributed by atoms with Gasteiger partial charge in [0.1, 0.15) is 5.60 Å². The van der Waals surface area contributed by atoms with Crippen LogP contribution in [-0.4, -0.2) is 84.3 Å². The summed E-state index contributed by atoms with van der Waals surface area (Å²) in [5, 5.41) is -0.567. The molecule has 2 amide bonds. The molecule has 2 heterocycles. The Hall–Kier alpha value is -2.75. The molecule has 5 unspecified atom stereocenters. The Morgan fingerprint density at radius 1 is 1.21 bits per heavy atom. The summed E-state index contributed by atoms with van der Waals surface area (Å²) in [5.41, 5.74) is -1.48. The van der Waals surface area contributed by atoms with E-state index in [1.54, 1.807) is 23.6 Å². The summed E-state index contributed by atoms with van der Waals surface area (Å²) in [4.78, 5) is 45.1. The van der Waals surface area contributed by atoms with Gasteiger partial charge in [0.25, 0.3) is 11.6 Å². The lowest BCUT2D eigenvalue weighted by Crippen LogP contribution is -2.49. The second kappa shape index (κ2) is 11.0. The predicted molar refractivity (Wildman–Crippen MR) is 144 cm³/mol. The molecule has 39 heavy (non-hydrogen) atoms. The van der Waals surface area contributed by atoms with Crippen LogP contribution in [0.3, 0.4) is 0 Å². The zero-order valence-corrected chi connectivity index (χ0v) is 24.1. The van der Waals surface area contributed by atoms with Crippen molar-refractivity contribution < 1.29 is 32.3 Å². The number of aliphatic imine (C=N–C) groups is 1. The maximum atomic E-state index is 13.8. The number of hydrogen-bond donors (Lipinski definition) is 0. The maximum Gasteiger partial charge on any atom is 0.410 e. The van der Waals surface area contributed by atoms with Gasteiger partial charge in [-0.25, -0.2) is 18.0 Å². The first kappa shape index (κ1) is 29.2. The molecule has 0 radical (unpaired) electrons. The van der Waals surface area contributed by atoms with Gasteiger partial charge in [-0.05, 0) is 64.4 Å². The van der Waals surface area contributed by atoms with Crippen molar-refractivity contribution in [2.75, 3.05) is 25.4 Å². The summed E-state index contributed by atoms with van der Waals surface area (Å²) in [6.45, 7) is 9.93. The molecule has 2 saturated heterocycles. The Labute approximate surface area is 230 Å². The number of ether oxygens (including phenoxy) is 2. The number of carbonyl (C=O) groups is 2. The minimum atomic E-state index is -3.44. The Kier molecular flexibility index (Phi) is 8.26. The molecule has 3 aliphatic rings. The topological polar surface area (TPSA) is 123 Å². The Morgan fingerprint density at radius 3 is 2.51 bits per heavy atom. The number of hydrogen-bond acceptors (Lipinski definition) is 8. The highest BCUT2D eigenvalue weighted by molar-refractivity contribution is 7.91. The zero-order chi connectivity index (χ0) is 28.6. The van der Waals surface area contributed by atoms with Crippen LogP contribution in [0.4, 0.5) is 4.79 Å². The summed E-state index contributed by atoms with van der Waals surface area (Å²) >= 11 is 0. The molecule has 1 aromatic carbocycles. The Balaban J connectivity index is 1.57. The van der Waals surface area contributed by atoms with E-state index in [1.165, 1.54) is 6.08 Å². The van der Waals surface area contributed by atoms with Gasteiger partial charge in [0.15, 0.2) is 9.84 Å². The fraction of sp³-hybridized carbons (Fsp3) is 0.679. The number of fused-ring (bicyclic) bond motifs is 1. The van der Waals surface area contributed by atoms with E-state index in [0.717, 1.165) is 5.56 Å². The van der Waals surface area contributed by atoms with Gasteiger partial charge < -0.3 is 19.3 Å². The van der Waals surface area contributed by atoms with Crippen molar-refractivity contribution >= 4 is 27.9 Å². The van der Waals surface area contributed by atoms with E-state index in [9.17, 15) is 22.8 Å². The molecule has 11 heteroatoms. The van der Waals surface area contributed by atoms with Crippen LogP contribution in [0.25, 0.3) is 0 Å². The standard InChI is InChI=1S/C28H39N3O7S/c1-19(2)39(35,36)17-23-22-15-30(26(34)38-27(3,4)5)14-21(22)13-24(23)31-12-11-28(25(31)33,29-18-32)37-16-20-9-7-6-8-10-20/h6-10,19,21-24H,11-17H2,1-5H3. The van der Waals surface area contributed by atoms with Crippen molar-refractivity contribution in [3.63, 3.8) is 0 Å². The molecular formula is C28H39N3O7S. The fourth-order valence-corrected chi connectivity index (χ4v) is 7.46. The molecule has 10 nitrogen and oxygen atoms in total. The maximum absolute atomic E-state index is 13.8. The smallest absolute Gasteiger partial charge is 0.410 e. The molecule has 1 aliphatic carbocycles. The number of sulfone groups is 1. The van der Waals surface area contributed by atoms with Gasteiger partial charge in [-0.3, -0.25) is 4.79 Å². The highest BCUT2D eigenvalue weighted by Crippen LogP contribution is 2.47. The average Bonchev–Trinajstić information content (AvgIpc) is 3.50. The third kappa shape index (κ3) is 6.21. The molecule has 3 fully saturated rings. The number of benzene rings is 1. The first-order valence-corrected chi connectivity index (χ1v) is 15.3. The SMILES string of the molecule is CC(C)S(=O)(=O)CC1C2CN(C(=O)OC(C)(C)C)CC2CC1N1CCC(N=C=O)(OCc2ccccc2)C1=O. The summed E-state index contributed by atoms with van der Waals surface area (Å²) in [6, 6.07) is 8.93. The van der Waals surface area contributed by atoms with Crippen molar-refractivity contribution in [3.05, 3.63) is 35.9 Å². The van der Waals surface area contributed by atoms with Crippen LogP contribution in [-0.2, 0) is 35.5 Å². The highest BCUT2D eigenvalue weighted by Gasteiger charge is 2.58.